The number of aliphatic hydroxyl groups excluding tert-OH is 1. The van der Waals surface area contributed by atoms with Gasteiger partial charge >= 0.3 is 0 Å². The molecule has 1 heterocycles. The van der Waals surface area contributed by atoms with Crippen molar-refractivity contribution in [1.29, 1.82) is 0 Å². The van der Waals surface area contributed by atoms with Gasteiger partial charge in [0, 0.05) is 11.8 Å². The molecule has 1 unspecified atom stereocenters. The summed E-state index contributed by atoms with van der Waals surface area (Å²) in [6.07, 6.45) is 5.06. The van der Waals surface area contributed by atoms with E-state index in [0.29, 0.717) is 0 Å². The maximum absolute atomic E-state index is 9.85. The second kappa shape index (κ2) is 5.64. The molecule has 0 saturated carbocycles. The summed E-state index contributed by atoms with van der Waals surface area (Å²) in [7, 11) is 0. The molecule has 17 heavy (non-hydrogen) atoms. The predicted molar refractivity (Wildman–Crippen MR) is 67.6 cm³/mol. The molecule has 0 fully saturated rings. The van der Waals surface area contributed by atoms with Crippen LogP contribution in [0, 0.1) is 0 Å². The lowest BCUT2D eigenvalue weighted by Crippen LogP contribution is -2.00. The van der Waals surface area contributed by atoms with Crippen molar-refractivity contribution >= 4 is 0 Å². The van der Waals surface area contributed by atoms with Crippen LogP contribution in [0.25, 0.3) is 0 Å². The lowest BCUT2D eigenvalue weighted by molar-refractivity contribution is 0.166. The Morgan fingerprint density at radius 1 is 1.29 bits per heavy atom. The van der Waals surface area contributed by atoms with E-state index in [4.69, 9.17) is 0 Å². The number of aliphatic hydroxyl groups is 1. The molecule has 1 aromatic carbocycles. The molecule has 1 atom stereocenters. The average molecular weight is 230 g/mol. The molecule has 0 bridgehead atoms. The Morgan fingerprint density at radius 2 is 2.06 bits per heavy atom. The van der Waals surface area contributed by atoms with Crippen LogP contribution < -0.4 is 0 Å². The largest absolute Gasteiger partial charge is 0.388 e. The van der Waals surface area contributed by atoms with Crippen LogP contribution in [0.1, 0.15) is 37.0 Å². The summed E-state index contributed by atoms with van der Waals surface area (Å²) in [5.41, 5.74) is 2.12. The third-order valence-corrected chi connectivity index (χ3v) is 2.79. The third kappa shape index (κ3) is 3.17. The molecule has 0 saturated heterocycles. The van der Waals surface area contributed by atoms with Crippen LogP contribution >= 0.6 is 0 Å². The lowest BCUT2D eigenvalue weighted by Gasteiger charge is -2.05. The molecule has 0 aliphatic carbocycles. The molecule has 0 radical (unpaired) electrons. The first-order valence-corrected chi connectivity index (χ1v) is 6.04. The van der Waals surface area contributed by atoms with Crippen LogP contribution in [0.5, 0.6) is 0 Å². The van der Waals surface area contributed by atoms with E-state index in [0.717, 1.165) is 24.9 Å². The molecule has 3 nitrogen and oxygen atoms in total. The fourth-order valence-electron chi connectivity index (χ4n) is 1.85. The van der Waals surface area contributed by atoms with Crippen molar-refractivity contribution in [3.8, 4) is 0 Å². The van der Waals surface area contributed by atoms with Gasteiger partial charge in [0.2, 0.25) is 0 Å². The quantitative estimate of drug-likeness (QED) is 0.857. The molecule has 0 aliphatic heterocycles. The monoisotopic (exact) mass is 230 g/mol. The van der Waals surface area contributed by atoms with Crippen molar-refractivity contribution < 1.29 is 5.11 Å². The first kappa shape index (κ1) is 11.9. The van der Waals surface area contributed by atoms with E-state index in [2.05, 4.69) is 24.2 Å². The molecule has 1 N–H and O–H groups in total. The molecule has 0 spiro atoms. The lowest BCUT2D eigenvalue weighted by atomic mass is 10.1. The maximum Gasteiger partial charge on any atom is 0.0820 e. The Bertz CT molecular complexity index is 450. The van der Waals surface area contributed by atoms with Gasteiger partial charge in [-0.15, -0.1) is 0 Å². The SMILES string of the molecule is CCCC(O)c1cnn(Cc2ccccc2)c1. The van der Waals surface area contributed by atoms with Gasteiger partial charge in [-0.2, -0.15) is 5.10 Å². The van der Waals surface area contributed by atoms with Gasteiger partial charge in [-0.1, -0.05) is 43.7 Å². The minimum atomic E-state index is -0.385. The zero-order valence-electron chi connectivity index (χ0n) is 10.1. The summed E-state index contributed by atoms with van der Waals surface area (Å²) in [6, 6.07) is 10.2. The van der Waals surface area contributed by atoms with Crippen molar-refractivity contribution in [1.82, 2.24) is 9.78 Å². The highest BCUT2D eigenvalue weighted by Crippen LogP contribution is 2.17. The van der Waals surface area contributed by atoms with Crippen LogP contribution in [-0.2, 0) is 6.54 Å². The first-order chi connectivity index (χ1) is 8.29. The minimum absolute atomic E-state index is 0.385. The molecule has 0 amide bonds. The van der Waals surface area contributed by atoms with Crippen molar-refractivity contribution in [2.24, 2.45) is 0 Å². The highest BCUT2D eigenvalue weighted by molar-refractivity contribution is 5.16. The van der Waals surface area contributed by atoms with Gasteiger partial charge in [0.15, 0.2) is 0 Å². The van der Waals surface area contributed by atoms with E-state index >= 15 is 0 Å². The highest BCUT2D eigenvalue weighted by atomic mass is 16.3. The number of nitrogens with zero attached hydrogens (tertiary/aromatic N) is 2. The van der Waals surface area contributed by atoms with Gasteiger partial charge in [-0.3, -0.25) is 4.68 Å². The molecule has 3 heteroatoms. The van der Waals surface area contributed by atoms with E-state index in [9.17, 15) is 5.11 Å². The summed E-state index contributed by atoms with van der Waals surface area (Å²) in [4.78, 5) is 0. The summed E-state index contributed by atoms with van der Waals surface area (Å²) in [5.74, 6) is 0. The van der Waals surface area contributed by atoms with Crippen LogP contribution in [0.15, 0.2) is 42.7 Å². The van der Waals surface area contributed by atoms with Crippen molar-refractivity contribution in [2.45, 2.75) is 32.4 Å². The zero-order chi connectivity index (χ0) is 12.1. The number of hydrogen-bond donors (Lipinski definition) is 1. The Morgan fingerprint density at radius 3 is 2.76 bits per heavy atom. The third-order valence-electron chi connectivity index (χ3n) is 2.79. The standard InChI is InChI=1S/C14H18N2O/c1-2-6-14(17)13-9-15-16(11-13)10-12-7-4-3-5-8-12/h3-5,7-9,11,14,17H,2,6,10H2,1H3. The van der Waals surface area contributed by atoms with E-state index in [1.54, 1.807) is 6.20 Å². The van der Waals surface area contributed by atoms with E-state index in [1.807, 2.05) is 29.1 Å². The van der Waals surface area contributed by atoms with Crippen molar-refractivity contribution in [2.75, 3.05) is 0 Å². The Labute approximate surface area is 102 Å². The van der Waals surface area contributed by atoms with E-state index in [1.165, 1.54) is 5.56 Å². The second-order valence-corrected chi connectivity index (χ2v) is 4.26. The Balaban J connectivity index is 2.04. The minimum Gasteiger partial charge on any atom is -0.388 e. The number of benzene rings is 1. The molecule has 2 rings (SSSR count). The number of aromatic nitrogens is 2. The highest BCUT2D eigenvalue weighted by Gasteiger charge is 2.08. The fourth-order valence-corrected chi connectivity index (χ4v) is 1.85. The van der Waals surface area contributed by atoms with Gasteiger partial charge in [0.1, 0.15) is 0 Å². The van der Waals surface area contributed by atoms with E-state index < -0.39 is 0 Å². The average Bonchev–Trinajstić information content (AvgIpc) is 2.79. The summed E-state index contributed by atoms with van der Waals surface area (Å²) in [6.45, 7) is 2.82. The van der Waals surface area contributed by atoms with Gasteiger partial charge in [-0.05, 0) is 12.0 Å². The molecule has 1 aromatic heterocycles. The summed E-state index contributed by atoms with van der Waals surface area (Å²) >= 11 is 0. The Hall–Kier alpha value is -1.61. The Kier molecular flexibility index (Phi) is 3.94. The van der Waals surface area contributed by atoms with Crippen LogP contribution in [0.3, 0.4) is 0 Å². The summed E-state index contributed by atoms with van der Waals surface area (Å²) < 4.78 is 1.86. The molecular weight excluding hydrogens is 212 g/mol. The van der Waals surface area contributed by atoms with Gasteiger partial charge in [0.05, 0.1) is 18.8 Å². The molecule has 0 aliphatic rings. The number of hydrogen-bond acceptors (Lipinski definition) is 2. The maximum atomic E-state index is 9.85. The first-order valence-electron chi connectivity index (χ1n) is 6.04. The van der Waals surface area contributed by atoms with Crippen LogP contribution in [-0.4, -0.2) is 14.9 Å². The fraction of sp³-hybridized carbons (Fsp3) is 0.357. The van der Waals surface area contributed by atoms with Gasteiger partial charge in [-0.25, -0.2) is 0 Å². The topological polar surface area (TPSA) is 38.1 Å². The van der Waals surface area contributed by atoms with Gasteiger partial charge in [0.25, 0.3) is 0 Å². The number of rotatable bonds is 5. The zero-order valence-corrected chi connectivity index (χ0v) is 10.1. The van der Waals surface area contributed by atoms with Crippen LogP contribution in [0.2, 0.25) is 0 Å². The predicted octanol–water partition coefficient (Wildman–Crippen LogP) is 2.76. The van der Waals surface area contributed by atoms with Crippen LogP contribution in [0.4, 0.5) is 0 Å². The summed E-state index contributed by atoms with van der Waals surface area (Å²) in [5, 5.41) is 14.1. The normalized spacial score (nSPS) is 12.6. The van der Waals surface area contributed by atoms with E-state index in [-0.39, 0.29) is 6.10 Å². The molecule has 2 aromatic rings. The smallest absolute Gasteiger partial charge is 0.0820 e. The van der Waals surface area contributed by atoms with Gasteiger partial charge < -0.3 is 5.11 Å². The van der Waals surface area contributed by atoms with Crippen molar-refractivity contribution in [3.63, 3.8) is 0 Å². The molecular formula is C14H18N2O. The molecule has 90 valence electrons. The van der Waals surface area contributed by atoms with Crippen molar-refractivity contribution in [3.05, 3.63) is 53.9 Å². The second-order valence-electron chi connectivity index (χ2n) is 4.26.